The van der Waals surface area contributed by atoms with Gasteiger partial charge in [-0.3, -0.25) is 9.48 Å². The van der Waals surface area contributed by atoms with Gasteiger partial charge in [-0.25, -0.2) is 0 Å². The van der Waals surface area contributed by atoms with E-state index in [9.17, 15) is 4.79 Å². The molecule has 0 aliphatic rings. The second kappa shape index (κ2) is 5.65. The van der Waals surface area contributed by atoms with Gasteiger partial charge >= 0.3 is 0 Å². The van der Waals surface area contributed by atoms with E-state index < -0.39 is 0 Å². The topological polar surface area (TPSA) is 46.9 Å². The zero-order valence-corrected chi connectivity index (χ0v) is 11.6. The standard InChI is InChI=1S/C12H20ClN3O/c1-5-16-11(9(13)8-15-16)10(17)6-7-14-12(2,3)4/h8,14H,5-7H2,1-4H3. The quantitative estimate of drug-likeness (QED) is 0.825. The van der Waals surface area contributed by atoms with Crippen LogP contribution >= 0.6 is 11.6 Å². The summed E-state index contributed by atoms with van der Waals surface area (Å²) >= 11 is 5.96. The largest absolute Gasteiger partial charge is 0.312 e. The van der Waals surface area contributed by atoms with E-state index in [0.29, 0.717) is 30.2 Å². The summed E-state index contributed by atoms with van der Waals surface area (Å²) in [5, 5.41) is 7.77. The fraction of sp³-hybridized carbons (Fsp3) is 0.667. The lowest BCUT2D eigenvalue weighted by Crippen LogP contribution is -2.37. The molecule has 1 heterocycles. The Morgan fingerprint density at radius 1 is 1.53 bits per heavy atom. The molecule has 0 fully saturated rings. The minimum absolute atomic E-state index is 0.0229. The predicted molar refractivity (Wildman–Crippen MR) is 69.6 cm³/mol. The number of carbonyl (C=O) groups is 1. The van der Waals surface area contributed by atoms with E-state index in [-0.39, 0.29) is 11.3 Å². The minimum atomic E-state index is 0.0229. The molecule has 0 aromatic carbocycles. The highest BCUT2D eigenvalue weighted by Crippen LogP contribution is 2.16. The average Bonchev–Trinajstić information content (AvgIpc) is 2.57. The monoisotopic (exact) mass is 257 g/mol. The number of nitrogens with zero attached hydrogens (tertiary/aromatic N) is 2. The molecule has 0 aliphatic heterocycles. The van der Waals surface area contributed by atoms with E-state index in [1.807, 2.05) is 6.92 Å². The molecule has 17 heavy (non-hydrogen) atoms. The molecule has 4 nitrogen and oxygen atoms in total. The number of rotatable bonds is 5. The molecule has 0 bridgehead atoms. The number of nitrogens with one attached hydrogen (secondary N) is 1. The number of halogens is 1. The smallest absolute Gasteiger partial charge is 0.183 e. The Morgan fingerprint density at radius 3 is 2.71 bits per heavy atom. The molecule has 0 radical (unpaired) electrons. The van der Waals surface area contributed by atoms with Crippen LogP contribution in [-0.2, 0) is 6.54 Å². The van der Waals surface area contributed by atoms with E-state index in [4.69, 9.17) is 11.6 Å². The van der Waals surface area contributed by atoms with Gasteiger partial charge in [0.15, 0.2) is 5.78 Å². The van der Waals surface area contributed by atoms with Crippen LogP contribution in [0.5, 0.6) is 0 Å². The normalized spacial score (nSPS) is 11.8. The number of carbonyl (C=O) groups excluding carboxylic acids is 1. The van der Waals surface area contributed by atoms with E-state index >= 15 is 0 Å². The van der Waals surface area contributed by atoms with E-state index in [1.165, 1.54) is 6.20 Å². The van der Waals surface area contributed by atoms with Gasteiger partial charge in [0, 0.05) is 25.0 Å². The molecular weight excluding hydrogens is 238 g/mol. The maximum atomic E-state index is 12.0. The van der Waals surface area contributed by atoms with Gasteiger partial charge in [0.25, 0.3) is 0 Å². The maximum Gasteiger partial charge on any atom is 0.183 e. The van der Waals surface area contributed by atoms with Crippen molar-refractivity contribution in [3.05, 3.63) is 16.9 Å². The van der Waals surface area contributed by atoms with Crippen molar-refractivity contribution < 1.29 is 4.79 Å². The third kappa shape index (κ3) is 4.13. The molecule has 0 saturated heterocycles. The summed E-state index contributed by atoms with van der Waals surface area (Å²) in [7, 11) is 0. The summed E-state index contributed by atoms with van der Waals surface area (Å²) in [6, 6.07) is 0. The molecule has 1 aromatic heterocycles. The Morgan fingerprint density at radius 2 is 2.18 bits per heavy atom. The molecule has 5 heteroatoms. The van der Waals surface area contributed by atoms with Crippen LogP contribution in [0.3, 0.4) is 0 Å². The van der Waals surface area contributed by atoms with Crippen LogP contribution in [0.1, 0.15) is 44.6 Å². The van der Waals surface area contributed by atoms with Crippen LogP contribution in [0.25, 0.3) is 0 Å². The maximum absolute atomic E-state index is 12.0. The van der Waals surface area contributed by atoms with E-state index in [1.54, 1.807) is 4.68 Å². The molecule has 0 aliphatic carbocycles. The van der Waals surface area contributed by atoms with Crippen molar-refractivity contribution in [2.45, 2.75) is 46.2 Å². The third-order valence-corrected chi connectivity index (χ3v) is 2.64. The summed E-state index contributed by atoms with van der Waals surface area (Å²) in [5.74, 6) is 0.0334. The lowest BCUT2D eigenvalue weighted by molar-refractivity contribution is 0.0970. The number of hydrogen-bond acceptors (Lipinski definition) is 3. The first kappa shape index (κ1) is 14.2. The SMILES string of the molecule is CCn1ncc(Cl)c1C(=O)CCNC(C)(C)C. The van der Waals surface area contributed by atoms with Gasteiger partial charge in [-0.2, -0.15) is 5.10 Å². The van der Waals surface area contributed by atoms with Gasteiger partial charge in [0.1, 0.15) is 5.69 Å². The van der Waals surface area contributed by atoms with Crippen LogP contribution in [0.15, 0.2) is 6.20 Å². The summed E-state index contributed by atoms with van der Waals surface area (Å²) in [6.45, 7) is 9.45. The van der Waals surface area contributed by atoms with Crippen LogP contribution in [0.2, 0.25) is 5.02 Å². The number of hydrogen-bond donors (Lipinski definition) is 1. The van der Waals surface area contributed by atoms with Crippen molar-refractivity contribution in [3.8, 4) is 0 Å². The highest BCUT2D eigenvalue weighted by molar-refractivity contribution is 6.33. The molecule has 0 unspecified atom stereocenters. The summed E-state index contributed by atoms with van der Waals surface area (Å²) in [6.07, 6.45) is 1.96. The Bertz CT molecular complexity index is 393. The minimum Gasteiger partial charge on any atom is -0.312 e. The molecular formula is C12H20ClN3O. The van der Waals surface area contributed by atoms with Gasteiger partial charge in [0.05, 0.1) is 11.2 Å². The predicted octanol–water partition coefficient (Wildman–Crippen LogP) is 2.52. The first-order valence-electron chi connectivity index (χ1n) is 5.84. The van der Waals surface area contributed by atoms with Gasteiger partial charge < -0.3 is 5.32 Å². The van der Waals surface area contributed by atoms with Crippen molar-refractivity contribution >= 4 is 17.4 Å². The fourth-order valence-electron chi connectivity index (χ4n) is 1.55. The van der Waals surface area contributed by atoms with E-state index in [2.05, 4.69) is 31.2 Å². The lowest BCUT2D eigenvalue weighted by atomic mass is 10.1. The third-order valence-electron chi connectivity index (χ3n) is 2.37. The van der Waals surface area contributed by atoms with Crippen molar-refractivity contribution in [1.82, 2.24) is 15.1 Å². The lowest BCUT2D eigenvalue weighted by Gasteiger charge is -2.20. The highest BCUT2D eigenvalue weighted by atomic mass is 35.5. The number of ketones is 1. The Kier molecular flexibility index (Phi) is 4.71. The number of aromatic nitrogens is 2. The van der Waals surface area contributed by atoms with Gasteiger partial charge in [0.2, 0.25) is 0 Å². The molecule has 96 valence electrons. The van der Waals surface area contributed by atoms with E-state index in [0.717, 1.165) is 0 Å². The zero-order chi connectivity index (χ0) is 13.1. The van der Waals surface area contributed by atoms with Crippen LogP contribution < -0.4 is 5.32 Å². The molecule has 0 saturated carbocycles. The number of aryl methyl sites for hydroxylation is 1. The molecule has 0 spiro atoms. The molecule has 1 rings (SSSR count). The summed E-state index contributed by atoms with van der Waals surface area (Å²) in [4.78, 5) is 12.0. The fourth-order valence-corrected chi connectivity index (χ4v) is 1.80. The van der Waals surface area contributed by atoms with Gasteiger partial charge in [-0.15, -0.1) is 0 Å². The second-order valence-corrected chi connectivity index (χ2v) is 5.41. The first-order chi connectivity index (χ1) is 7.85. The van der Waals surface area contributed by atoms with Crippen molar-refractivity contribution in [2.75, 3.05) is 6.54 Å². The Hall–Kier alpha value is -0.870. The zero-order valence-electron chi connectivity index (χ0n) is 10.9. The Labute approximate surface area is 107 Å². The summed E-state index contributed by atoms with van der Waals surface area (Å²) in [5.41, 5.74) is 0.541. The van der Waals surface area contributed by atoms with Crippen molar-refractivity contribution in [2.24, 2.45) is 0 Å². The summed E-state index contributed by atoms with van der Waals surface area (Å²) < 4.78 is 1.64. The first-order valence-corrected chi connectivity index (χ1v) is 6.22. The highest BCUT2D eigenvalue weighted by Gasteiger charge is 2.17. The van der Waals surface area contributed by atoms with Crippen molar-refractivity contribution in [1.29, 1.82) is 0 Å². The van der Waals surface area contributed by atoms with Crippen LogP contribution in [0.4, 0.5) is 0 Å². The Balaban J connectivity index is 2.61. The second-order valence-electron chi connectivity index (χ2n) is 5.01. The molecule has 1 aromatic rings. The molecule has 0 atom stereocenters. The average molecular weight is 258 g/mol. The van der Waals surface area contributed by atoms with Crippen molar-refractivity contribution in [3.63, 3.8) is 0 Å². The molecule has 0 amide bonds. The van der Waals surface area contributed by atoms with Gasteiger partial charge in [-0.1, -0.05) is 11.6 Å². The van der Waals surface area contributed by atoms with Crippen LogP contribution in [0, 0.1) is 0 Å². The van der Waals surface area contributed by atoms with Crippen LogP contribution in [-0.4, -0.2) is 27.6 Å². The van der Waals surface area contributed by atoms with Gasteiger partial charge in [-0.05, 0) is 27.7 Å². The number of Topliss-reactive ketones (excluding diaryl/α,β-unsaturated/α-hetero) is 1. The molecule has 1 N–H and O–H groups in total.